The molecule has 0 fully saturated rings. The first kappa shape index (κ1) is 9.93. The molecule has 1 heterocycles. The number of aryl methyl sites for hydroxylation is 1. The summed E-state index contributed by atoms with van der Waals surface area (Å²) in [6.07, 6.45) is 0. The molecule has 0 saturated carbocycles. The van der Waals surface area contributed by atoms with Gasteiger partial charge in [-0.2, -0.15) is 0 Å². The maximum atomic E-state index is 9.16. The predicted molar refractivity (Wildman–Crippen MR) is 59.0 cm³/mol. The van der Waals surface area contributed by atoms with Gasteiger partial charge in [0.1, 0.15) is 0 Å². The van der Waals surface area contributed by atoms with E-state index in [1.54, 1.807) is 7.11 Å². The summed E-state index contributed by atoms with van der Waals surface area (Å²) in [7, 11) is 1.56. The van der Waals surface area contributed by atoms with Gasteiger partial charge in [-0.3, -0.25) is 0 Å². The van der Waals surface area contributed by atoms with Crippen LogP contribution in [-0.2, 0) is 6.61 Å². The summed E-state index contributed by atoms with van der Waals surface area (Å²) in [6, 6.07) is 7.91. The fourth-order valence-corrected chi connectivity index (χ4v) is 1.61. The Kier molecular flexibility index (Phi) is 2.56. The highest BCUT2D eigenvalue weighted by atomic mass is 16.5. The topological polar surface area (TPSA) is 42.4 Å². The van der Waals surface area contributed by atoms with E-state index in [4.69, 9.17) is 9.84 Å². The van der Waals surface area contributed by atoms with E-state index in [1.807, 2.05) is 31.2 Å². The van der Waals surface area contributed by atoms with Crippen LogP contribution in [0.2, 0.25) is 0 Å². The van der Waals surface area contributed by atoms with Crippen molar-refractivity contribution in [3.63, 3.8) is 0 Å². The second kappa shape index (κ2) is 3.87. The lowest BCUT2D eigenvalue weighted by Crippen LogP contribution is -1.95. The average molecular weight is 203 g/mol. The van der Waals surface area contributed by atoms with Crippen molar-refractivity contribution in [3.8, 4) is 5.88 Å². The van der Waals surface area contributed by atoms with E-state index >= 15 is 0 Å². The molecule has 1 aromatic carbocycles. The summed E-state index contributed by atoms with van der Waals surface area (Å²) >= 11 is 0. The molecule has 1 aromatic heterocycles. The lowest BCUT2D eigenvalue weighted by Gasteiger charge is -2.07. The van der Waals surface area contributed by atoms with Crippen LogP contribution < -0.4 is 4.74 Å². The second-order valence-corrected chi connectivity index (χ2v) is 3.51. The number of nitrogens with zero attached hydrogens (tertiary/aromatic N) is 1. The molecule has 78 valence electrons. The van der Waals surface area contributed by atoms with Gasteiger partial charge in [0.2, 0.25) is 5.88 Å². The van der Waals surface area contributed by atoms with Gasteiger partial charge in [-0.1, -0.05) is 11.6 Å². The molecule has 0 aliphatic rings. The predicted octanol–water partition coefficient (Wildman–Crippen LogP) is 2.04. The number of aliphatic hydroxyl groups is 1. The number of pyridine rings is 1. The van der Waals surface area contributed by atoms with Crippen LogP contribution in [0.25, 0.3) is 10.9 Å². The molecular formula is C12H13NO2. The molecule has 1 N–H and O–H groups in total. The lowest BCUT2D eigenvalue weighted by molar-refractivity contribution is 0.272. The Bertz CT molecular complexity index is 494. The van der Waals surface area contributed by atoms with Crippen LogP contribution in [0.3, 0.4) is 0 Å². The highest BCUT2D eigenvalue weighted by Gasteiger charge is 2.05. The van der Waals surface area contributed by atoms with Crippen molar-refractivity contribution >= 4 is 10.9 Å². The van der Waals surface area contributed by atoms with Gasteiger partial charge in [0, 0.05) is 10.9 Å². The van der Waals surface area contributed by atoms with Gasteiger partial charge >= 0.3 is 0 Å². The van der Waals surface area contributed by atoms with E-state index in [9.17, 15) is 0 Å². The van der Waals surface area contributed by atoms with Crippen LogP contribution >= 0.6 is 0 Å². The molecule has 2 aromatic rings. The van der Waals surface area contributed by atoms with Crippen molar-refractivity contribution in [3.05, 3.63) is 35.4 Å². The van der Waals surface area contributed by atoms with Crippen LogP contribution in [0.15, 0.2) is 24.3 Å². The zero-order valence-corrected chi connectivity index (χ0v) is 8.82. The van der Waals surface area contributed by atoms with Gasteiger partial charge in [0.15, 0.2) is 0 Å². The van der Waals surface area contributed by atoms with E-state index in [2.05, 4.69) is 4.98 Å². The Hall–Kier alpha value is -1.61. The molecule has 15 heavy (non-hydrogen) atoms. The Morgan fingerprint density at radius 3 is 2.80 bits per heavy atom. The summed E-state index contributed by atoms with van der Waals surface area (Å²) in [6.45, 7) is 1.97. The van der Waals surface area contributed by atoms with Crippen LogP contribution in [0.4, 0.5) is 0 Å². The summed E-state index contributed by atoms with van der Waals surface area (Å²) in [5, 5.41) is 10.2. The lowest BCUT2D eigenvalue weighted by atomic mass is 10.1. The third-order valence-electron chi connectivity index (χ3n) is 2.37. The normalized spacial score (nSPS) is 10.6. The number of aliphatic hydroxyl groups excluding tert-OH is 1. The zero-order valence-electron chi connectivity index (χ0n) is 8.82. The molecule has 0 aliphatic carbocycles. The first-order valence-corrected chi connectivity index (χ1v) is 4.79. The third kappa shape index (κ3) is 1.78. The zero-order chi connectivity index (χ0) is 10.8. The van der Waals surface area contributed by atoms with Crippen molar-refractivity contribution in [1.29, 1.82) is 0 Å². The van der Waals surface area contributed by atoms with Gasteiger partial charge in [0.05, 0.1) is 19.2 Å². The van der Waals surface area contributed by atoms with Crippen LogP contribution in [0.1, 0.15) is 11.1 Å². The van der Waals surface area contributed by atoms with Gasteiger partial charge in [0.25, 0.3) is 0 Å². The first-order chi connectivity index (χ1) is 7.24. The van der Waals surface area contributed by atoms with E-state index in [0.717, 1.165) is 16.5 Å². The molecule has 2 rings (SSSR count). The highest BCUT2D eigenvalue weighted by Crippen LogP contribution is 2.22. The Balaban J connectivity index is 2.69. The summed E-state index contributed by atoms with van der Waals surface area (Å²) in [4.78, 5) is 4.32. The molecule has 3 nitrogen and oxygen atoms in total. The van der Waals surface area contributed by atoms with Crippen LogP contribution in [-0.4, -0.2) is 17.2 Å². The van der Waals surface area contributed by atoms with Crippen molar-refractivity contribution in [2.45, 2.75) is 13.5 Å². The van der Waals surface area contributed by atoms with Gasteiger partial charge in [-0.15, -0.1) is 0 Å². The molecule has 0 radical (unpaired) electrons. The van der Waals surface area contributed by atoms with Crippen LogP contribution in [0.5, 0.6) is 5.88 Å². The summed E-state index contributed by atoms with van der Waals surface area (Å²) in [5.41, 5.74) is 2.78. The summed E-state index contributed by atoms with van der Waals surface area (Å²) in [5.74, 6) is 0.494. The Morgan fingerprint density at radius 2 is 2.13 bits per heavy atom. The minimum Gasteiger partial charge on any atom is -0.481 e. The Morgan fingerprint density at radius 1 is 1.33 bits per heavy atom. The minimum atomic E-state index is -0.0555. The van der Waals surface area contributed by atoms with E-state index in [1.165, 1.54) is 5.56 Å². The highest BCUT2D eigenvalue weighted by molar-refractivity contribution is 5.80. The fourth-order valence-electron chi connectivity index (χ4n) is 1.61. The fraction of sp³-hybridized carbons (Fsp3) is 0.250. The number of hydrogen-bond donors (Lipinski definition) is 1. The number of hydrogen-bond acceptors (Lipinski definition) is 3. The van der Waals surface area contributed by atoms with Crippen molar-refractivity contribution < 1.29 is 9.84 Å². The smallest absolute Gasteiger partial charge is 0.219 e. The first-order valence-electron chi connectivity index (χ1n) is 4.79. The van der Waals surface area contributed by atoms with Crippen molar-refractivity contribution in [2.75, 3.05) is 7.11 Å². The van der Waals surface area contributed by atoms with Gasteiger partial charge in [-0.05, 0) is 25.1 Å². The van der Waals surface area contributed by atoms with Crippen molar-refractivity contribution in [2.24, 2.45) is 0 Å². The number of aromatic nitrogens is 1. The quantitative estimate of drug-likeness (QED) is 0.812. The second-order valence-electron chi connectivity index (χ2n) is 3.51. The number of fused-ring (bicyclic) bond motifs is 1. The van der Waals surface area contributed by atoms with E-state index < -0.39 is 0 Å². The molecule has 0 bridgehead atoms. The maximum Gasteiger partial charge on any atom is 0.219 e. The maximum absolute atomic E-state index is 9.16. The number of methoxy groups -OCH3 is 1. The SMILES string of the molecule is COc1nc2ccc(C)cc2cc1CO. The van der Waals surface area contributed by atoms with Crippen LogP contribution in [0, 0.1) is 6.92 Å². The molecular weight excluding hydrogens is 190 g/mol. The van der Waals surface area contributed by atoms with Crippen molar-refractivity contribution in [1.82, 2.24) is 4.98 Å². The largest absolute Gasteiger partial charge is 0.481 e. The van der Waals surface area contributed by atoms with Gasteiger partial charge in [-0.25, -0.2) is 4.98 Å². The molecule has 0 atom stereocenters. The molecule has 0 spiro atoms. The monoisotopic (exact) mass is 203 g/mol. The third-order valence-corrected chi connectivity index (χ3v) is 2.37. The molecule has 0 amide bonds. The molecule has 0 unspecified atom stereocenters. The van der Waals surface area contributed by atoms with Gasteiger partial charge < -0.3 is 9.84 Å². The average Bonchev–Trinajstić information content (AvgIpc) is 2.27. The molecule has 3 heteroatoms. The molecule has 0 aliphatic heterocycles. The van der Waals surface area contributed by atoms with E-state index in [-0.39, 0.29) is 6.61 Å². The Labute approximate surface area is 88.3 Å². The number of benzene rings is 1. The molecule has 0 saturated heterocycles. The number of ether oxygens (including phenoxy) is 1. The standard InChI is InChI=1S/C12H13NO2/c1-8-3-4-11-9(5-8)6-10(7-14)12(13-11)15-2/h3-6,14H,7H2,1-2H3. The summed E-state index contributed by atoms with van der Waals surface area (Å²) < 4.78 is 5.10. The minimum absolute atomic E-state index is 0.0555. The van der Waals surface area contributed by atoms with E-state index in [0.29, 0.717) is 5.88 Å². The number of rotatable bonds is 2.